The van der Waals surface area contributed by atoms with E-state index in [-0.39, 0.29) is 5.91 Å². The number of para-hydroxylation sites is 1. The normalized spacial score (nSPS) is 13.5. The van der Waals surface area contributed by atoms with Crippen LogP contribution in [0.15, 0.2) is 36.4 Å². The quantitative estimate of drug-likeness (QED) is 0.680. The fourth-order valence-electron chi connectivity index (χ4n) is 3.83. The van der Waals surface area contributed by atoms with Gasteiger partial charge in [0.1, 0.15) is 11.3 Å². The van der Waals surface area contributed by atoms with E-state index in [4.69, 9.17) is 9.72 Å². The Labute approximate surface area is 175 Å². The Morgan fingerprint density at radius 1 is 1.17 bits per heavy atom. The van der Waals surface area contributed by atoms with E-state index in [2.05, 4.69) is 26.2 Å². The molecule has 1 aliphatic carbocycles. The van der Waals surface area contributed by atoms with Gasteiger partial charge in [-0.1, -0.05) is 23.5 Å². The Morgan fingerprint density at radius 3 is 2.72 bits per heavy atom. The van der Waals surface area contributed by atoms with Crippen molar-refractivity contribution in [1.82, 2.24) is 4.98 Å². The van der Waals surface area contributed by atoms with Gasteiger partial charge < -0.3 is 9.64 Å². The summed E-state index contributed by atoms with van der Waals surface area (Å²) in [6.07, 6.45) is 4.63. The Balaban J connectivity index is 1.71. The summed E-state index contributed by atoms with van der Waals surface area (Å²) in [5.74, 6) is 0.766. The molecule has 1 amide bonds. The Morgan fingerprint density at radius 2 is 1.97 bits per heavy atom. The van der Waals surface area contributed by atoms with E-state index in [1.165, 1.54) is 28.9 Å². The third kappa shape index (κ3) is 4.14. The summed E-state index contributed by atoms with van der Waals surface area (Å²) in [5, 5.41) is 0.730. The predicted octanol–water partition coefficient (Wildman–Crippen LogP) is 2.98. The first-order valence-electron chi connectivity index (χ1n) is 10.2. The average molecular weight is 411 g/mol. The van der Waals surface area contributed by atoms with Gasteiger partial charge in [0.25, 0.3) is 5.91 Å². The number of benzene rings is 2. The molecule has 0 aliphatic heterocycles. The van der Waals surface area contributed by atoms with Gasteiger partial charge in [0.05, 0.1) is 39.0 Å². The van der Waals surface area contributed by atoms with E-state index in [0.29, 0.717) is 6.54 Å². The van der Waals surface area contributed by atoms with Crippen LogP contribution in [0.1, 0.15) is 34.3 Å². The van der Waals surface area contributed by atoms with E-state index in [9.17, 15) is 4.79 Å². The first kappa shape index (κ1) is 19.9. The number of thiazole rings is 1. The van der Waals surface area contributed by atoms with Crippen LogP contribution in [0.2, 0.25) is 0 Å². The maximum absolute atomic E-state index is 13.5. The zero-order valence-electron chi connectivity index (χ0n) is 17.3. The summed E-state index contributed by atoms with van der Waals surface area (Å²) in [6, 6.07) is 12.1. The molecule has 3 aromatic rings. The number of amides is 1. The van der Waals surface area contributed by atoms with E-state index >= 15 is 0 Å². The lowest BCUT2D eigenvalue weighted by Gasteiger charge is -2.22. The van der Waals surface area contributed by atoms with Gasteiger partial charge >= 0.3 is 0 Å². The number of hydrogen-bond donors (Lipinski definition) is 1. The fraction of sp³-hybridized carbons (Fsp3) is 0.391. The Kier molecular flexibility index (Phi) is 5.83. The number of fused-ring (bicyclic) bond motifs is 2. The number of rotatable bonds is 6. The van der Waals surface area contributed by atoms with Gasteiger partial charge in [-0.3, -0.25) is 9.69 Å². The number of aryl methyl sites for hydroxylation is 2. The summed E-state index contributed by atoms with van der Waals surface area (Å²) in [4.78, 5) is 21.4. The number of methoxy groups -OCH3 is 1. The number of anilines is 1. The molecule has 1 N–H and O–H groups in total. The lowest BCUT2D eigenvalue weighted by Crippen LogP contribution is -3.06. The molecule has 4 rings (SSSR count). The molecule has 152 valence electrons. The van der Waals surface area contributed by atoms with Crippen LogP contribution in [0.4, 0.5) is 5.13 Å². The van der Waals surface area contributed by atoms with Crippen LogP contribution in [0, 0.1) is 0 Å². The van der Waals surface area contributed by atoms with Crippen LogP contribution >= 0.6 is 11.3 Å². The number of aromatic nitrogens is 1. The second kappa shape index (κ2) is 8.51. The predicted molar refractivity (Wildman–Crippen MR) is 119 cm³/mol. The smallest absolute Gasteiger partial charge is 0.260 e. The summed E-state index contributed by atoms with van der Waals surface area (Å²) in [5.41, 5.74) is 4.29. The van der Waals surface area contributed by atoms with Crippen molar-refractivity contribution in [2.75, 3.05) is 39.2 Å². The zero-order valence-corrected chi connectivity index (χ0v) is 18.1. The molecule has 5 nitrogen and oxygen atoms in total. The van der Waals surface area contributed by atoms with Gasteiger partial charge in [0.2, 0.25) is 0 Å². The molecule has 0 bridgehead atoms. The second-order valence-electron chi connectivity index (χ2n) is 7.91. The minimum absolute atomic E-state index is 0.0256. The van der Waals surface area contributed by atoms with E-state index in [0.717, 1.165) is 46.0 Å². The highest BCUT2D eigenvalue weighted by Crippen LogP contribution is 2.34. The monoisotopic (exact) mass is 410 g/mol. The molecule has 1 aromatic heterocycles. The minimum atomic E-state index is 0.0256. The van der Waals surface area contributed by atoms with Crippen LogP contribution < -0.4 is 14.5 Å². The van der Waals surface area contributed by atoms with Crippen LogP contribution in [0.3, 0.4) is 0 Å². The molecule has 0 atom stereocenters. The number of quaternary nitrogens is 1. The Bertz CT molecular complexity index is 1030. The molecular formula is C23H28N3O2S+. The van der Waals surface area contributed by atoms with Crippen LogP contribution in [0.5, 0.6) is 5.75 Å². The van der Waals surface area contributed by atoms with Crippen molar-refractivity contribution in [3.63, 3.8) is 0 Å². The molecule has 0 radical (unpaired) electrons. The van der Waals surface area contributed by atoms with Gasteiger partial charge in [-0.25, -0.2) is 4.98 Å². The van der Waals surface area contributed by atoms with E-state index in [1.807, 2.05) is 29.2 Å². The number of carbonyl (C=O) groups excluding carboxylic acids is 1. The zero-order chi connectivity index (χ0) is 20.4. The van der Waals surface area contributed by atoms with Gasteiger partial charge in [0.15, 0.2) is 5.13 Å². The number of nitrogens with one attached hydrogen (secondary N) is 1. The van der Waals surface area contributed by atoms with Crippen LogP contribution in [0.25, 0.3) is 10.2 Å². The summed E-state index contributed by atoms with van der Waals surface area (Å²) < 4.78 is 6.49. The summed E-state index contributed by atoms with van der Waals surface area (Å²) in [7, 11) is 5.85. The highest BCUT2D eigenvalue weighted by atomic mass is 32.1. The second-order valence-corrected chi connectivity index (χ2v) is 8.92. The lowest BCUT2D eigenvalue weighted by molar-refractivity contribution is -0.856. The summed E-state index contributed by atoms with van der Waals surface area (Å²) in [6.45, 7) is 1.48. The maximum atomic E-state index is 13.5. The number of carbonyl (C=O) groups is 1. The first-order chi connectivity index (χ1) is 14.1. The molecule has 0 spiro atoms. The van der Waals surface area contributed by atoms with Gasteiger partial charge in [-0.2, -0.15) is 0 Å². The van der Waals surface area contributed by atoms with Crippen molar-refractivity contribution in [1.29, 1.82) is 0 Å². The molecule has 0 saturated heterocycles. The van der Waals surface area contributed by atoms with Gasteiger partial charge in [-0.05, 0) is 61.1 Å². The molecule has 1 aliphatic rings. The SMILES string of the molecule is COc1cccc2sc(N(CC[NH+](C)C)C(=O)c3ccc4c(c3)CCCC4)nc12. The van der Waals surface area contributed by atoms with Crippen molar-refractivity contribution in [3.05, 3.63) is 53.1 Å². The molecule has 1 heterocycles. The minimum Gasteiger partial charge on any atom is -0.494 e. The highest BCUT2D eigenvalue weighted by Gasteiger charge is 2.24. The Hall–Kier alpha value is -2.44. The third-order valence-electron chi connectivity index (χ3n) is 5.50. The van der Waals surface area contributed by atoms with E-state index in [1.54, 1.807) is 18.4 Å². The standard InChI is InChI=1S/C23H27N3O2S/c1-25(2)13-14-26(23-24-21-19(28-3)9-6-10-20(21)29-23)22(27)18-12-11-16-7-4-5-8-17(16)15-18/h6,9-12,15H,4-5,7-8,13-14H2,1-3H3/p+1. The average Bonchev–Trinajstić information content (AvgIpc) is 3.17. The van der Waals surface area contributed by atoms with Gasteiger partial charge in [-0.15, -0.1) is 0 Å². The number of likely N-dealkylation sites (N-methyl/N-ethyl adjacent to an activating group) is 1. The lowest BCUT2D eigenvalue weighted by atomic mass is 9.90. The van der Waals surface area contributed by atoms with Gasteiger partial charge in [0, 0.05) is 5.56 Å². The molecule has 0 saturated carbocycles. The van der Waals surface area contributed by atoms with Crippen molar-refractivity contribution < 1.29 is 14.4 Å². The van der Waals surface area contributed by atoms with E-state index < -0.39 is 0 Å². The van der Waals surface area contributed by atoms with Crippen LogP contribution in [-0.2, 0) is 12.8 Å². The molecule has 0 unspecified atom stereocenters. The van der Waals surface area contributed by atoms with Crippen molar-refractivity contribution in [2.45, 2.75) is 25.7 Å². The third-order valence-corrected chi connectivity index (χ3v) is 6.54. The number of ether oxygens (including phenoxy) is 1. The molecule has 2 aromatic carbocycles. The van der Waals surface area contributed by atoms with Crippen molar-refractivity contribution in [3.8, 4) is 5.75 Å². The topological polar surface area (TPSA) is 46.9 Å². The largest absolute Gasteiger partial charge is 0.494 e. The fourth-order valence-corrected chi connectivity index (χ4v) is 4.84. The van der Waals surface area contributed by atoms with Crippen LogP contribution in [-0.4, -0.2) is 45.2 Å². The molecule has 29 heavy (non-hydrogen) atoms. The molecule has 0 fully saturated rings. The molecular weight excluding hydrogens is 382 g/mol. The van der Waals surface area contributed by atoms with Crippen molar-refractivity contribution >= 4 is 32.6 Å². The number of nitrogens with zero attached hydrogens (tertiary/aromatic N) is 2. The maximum Gasteiger partial charge on any atom is 0.260 e. The summed E-state index contributed by atoms with van der Waals surface area (Å²) >= 11 is 1.54. The number of hydrogen-bond acceptors (Lipinski definition) is 4. The highest BCUT2D eigenvalue weighted by molar-refractivity contribution is 7.22. The van der Waals surface area contributed by atoms with Crippen molar-refractivity contribution in [2.24, 2.45) is 0 Å². The first-order valence-corrected chi connectivity index (χ1v) is 11.0. The molecule has 6 heteroatoms.